The summed E-state index contributed by atoms with van der Waals surface area (Å²) in [6, 6.07) is 25.0. The van der Waals surface area contributed by atoms with Gasteiger partial charge in [0.05, 0.1) is 11.6 Å². The van der Waals surface area contributed by atoms with E-state index in [0.717, 1.165) is 23.2 Å². The first-order chi connectivity index (χ1) is 15.0. The molecule has 1 atom stereocenters. The minimum absolute atomic E-state index is 0.105. The zero-order chi connectivity index (χ0) is 22.0. The number of hydrogen-bond donors (Lipinski definition) is 1. The summed E-state index contributed by atoms with van der Waals surface area (Å²) in [4.78, 5) is 26.9. The van der Waals surface area contributed by atoms with Crippen molar-refractivity contribution in [1.29, 1.82) is 0 Å². The van der Waals surface area contributed by atoms with Crippen LogP contribution in [0.2, 0.25) is 0 Å². The van der Waals surface area contributed by atoms with Gasteiger partial charge in [0.25, 0.3) is 11.5 Å². The number of rotatable bonds is 5. The first-order valence-corrected chi connectivity index (χ1v) is 10.6. The summed E-state index contributed by atoms with van der Waals surface area (Å²) in [6.07, 6.45) is 0.768. The molecule has 3 aromatic carbocycles. The molecule has 0 bridgehead atoms. The van der Waals surface area contributed by atoms with Gasteiger partial charge in [-0.2, -0.15) is 0 Å². The Morgan fingerprint density at radius 1 is 0.871 bits per heavy atom. The van der Waals surface area contributed by atoms with Gasteiger partial charge in [-0.25, -0.2) is 0 Å². The molecule has 0 aliphatic heterocycles. The number of fused-ring (bicyclic) bond motifs is 1. The maximum Gasteiger partial charge on any atom is 0.263 e. The molecule has 1 N–H and O–H groups in total. The summed E-state index contributed by atoms with van der Waals surface area (Å²) in [5.74, 6) is -0.176. The van der Waals surface area contributed by atoms with Gasteiger partial charge in [0.15, 0.2) is 0 Å². The molecule has 0 saturated carbocycles. The van der Waals surface area contributed by atoms with Crippen molar-refractivity contribution in [2.24, 2.45) is 0 Å². The largest absolute Gasteiger partial charge is 0.345 e. The average molecular weight is 411 g/mol. The van der Waals surface area contributed by atoms with Crippen molar-refractivity contribution in [3.05, 3.63) is 112 Å². The molecule has 4 nitrogen and oxygen atoms in total. The van der Waals surface area contributed by atoms with E-state index in [0.29, 0.717) is 22.0 Å². The van der Waals surface area contributed by atoms with Crippen LogP contribution in [-0.2, 0) is 0 Å². The van der Waals surface area contributed by atoms with Gasteiger partial charge in [0.1, 0.15) is 0 Å². The number of amides is 1. The molecular weight excluding hydrogens is 384 g/mol. The Labute approximate surface area is 182 Å². The van der Waals surface area contributed by atoms with Crippen LogP contribution in [0.1, 0.15) is 46.6 Å². The second-order valence-electron chi connectivity index (χ2n) is 7.83. The summed E-state index contributed by atoms with van der Waals surface area (Å²) in [6.45, 7) is 5.90. The topological polar surface area (TPSA) is 51.1 Å². The first kappa shape index (κ1) is 20.6. The molecule has 1 heterocycles. The first-order valence-electron chi connectivity index (χ1n) is 10.6. The van der Waals surface area contributed by atoms with Crippen LogP contribution in [0.15, 0.2) is 83.7 Å². The lowest BCUT2D eigenvalue weighted by Gasteiger charge is -2.21. The fourth-order valence-electron chi connectivity index (χ4n) is 4.10. The molecule has 0 saturated heterocycles. The summed E-state index contributed by atoms with van der Waals surface area (Å²) in [7, 11) is 0. The molecule has 0 spiro atoms. The Bertz CT molecular complexity index is 1290. The summed E-state index contributed by atoms with van der Waals surface area (Å²) < 4.78 is 1.64. The van der Waals surface area contributed by atoms with E-state index in [9.17, 15) is 9.59 Å². The Kier molecular flexibility index (Phi) is 5.72. The number of carbonyl (C=O) groups is 1. The van der Waals surface area contributed by atoms with Crippen molar-refractivity contribution in [2.45, 2.75) is 33.2 Å². The number of nitrogens with zero attached hydrogens (tertiary/aromatic N) is 1. The molecule has 1 amide bonds. The molecule has 1 aromatic heterocycles. The second kappa shape index (κ2) is 8.60. The lowest BCUT2D eigenvalue weighted by atomic mass is 10.0. The summed E-state index contributed by atoms with van der Waals surface area (Å²) in [5.41, 5.74) is 3.97. The van der Waals surface area contributed by atoms with E-state index in [1.54, 1.807) is 10.6 Å². The van der Waals surface area contributed by atoms with Gasteiger partial charge >= 0.3 is 0 Å². The molecule has 4 aromatic rings. The molecule has 156 valence electrons. The third-order valence-electron chi connectivity index (χ3n) is 5.76. The second-order valence-corrected chi connectivity index (χ2v) is 7.83. The number of carbonyl (C=O) groups excluding carboxylic acids is 1. The molecule has 4 heteroatoms. The van der Waals surface area contributed by atoms with Crippen molar-refractivity contribution in [2.75, 3.05) is 0 Å². The summed E-state index contributed by atoms with van der Waals surface area (Å²) >= 11 is 0. The van der Waals surface area contributed by atoms with E-state index in [-0.39, 0.29) is 17.5 Å². The number of hydrogen-bond acceptors (Lipinski definition) is 2. The quantitative estimate of drug-likeness (QED) is 0.473. The predicted octanol–water partition coefficient (Wildman–Crippen LogP) is 5.49. The monoisotopic (exact) mass is 410 g/mol. The van der Waals surface area contributed by atoms with Gasteiger partial charge in [0, 0.05) is 22.2 Å². The van der Waals surface area contributed by atoms with E-state index in [1.807, 2.05) is 86.6 Å². The van der Waals surface area contributed by atoms with E-state index in [4.69, 9.17) is 0 Å². The molecule has 4 rings (SSSR count). The highest BCUT2D eigenvalue weighted by atomic mass is 16.2. The van der Waals surface area contributed by atoms with Crippen molar-refractivity contribution in [1.82, 2.24) is 9.88 Å². The maximum absolute atomic E-state index is 13.5. The van der Waals surface area contributed by atoms with Gasteiger partial charge in [-0.05, 0) is 44.0 Å². The molecule has 0 aliphatic rings. The molecule has 0 unspecified atom stereocenters. The smallest absolute Gasteiger partial charge is 0.263 e. The SMILES string of the molecule is CC[C@H](NC(=O)c1c(C)n(-c2ccc(C)cc2)c(=O)c2ccccc12)c1ccccc1. The Morgan fingerprint density at radius 2 is 1.48 bits per heavy atom. The van der Waals surface area contributed by atoms with Crippen LogP contribution >= 0.6 is 0 Å². The van der Waals surface area contributed by atoms with Gasteiger partial charge in [-0.1, -0.05) is 73.2 Å². The molecule has 31 heavy (non-hydrogen) atoms. The third-order valence-corrected chi connectivity index (χ3v) is 5.76. The number of nitrogens with one attached hydrogen (secondary N) is 1. The van der Waals surface area contributed by atoms with E-state index >= 15 is 0 Å². The van der Waals surface area contributed by atoms with Crippen molar-refractivity contribution in [3.63, 3.8) is 0 Å². The van der Waals surface area contributed by atoms with Crippen LogP contribution in [-0.4, -0.2) is 10.5 Å². The van der Waals surface area contributed by atoms with Crippen LogP contribution in [0.5, 0.6) is 0 Å². The van der Waals surface area contributed by atoms with Crippen molar-refractivity contribution in [3.8, 4) is 5.69 Å². The highest BCUT2D eigenvalue weighted by molar-refractivity contribution is 6.08. The summed E-state index contributed by atoms with van der Waals surface area (Å²) in [5, 5.41) is 4.39. The van der Waals surface area contributed by atoms with Crippen LogP contribution < -0.4 is 10.9 Å². The molecule has 0 aliphatic carbocycles. The highest BCUT2D eigenvalue weighted by Gasteiger charge is 2.22. The van der Waals surface area contributed by atoms with Crippen molar-refractivity contribution < 1.29 is 4.79 Å². The minimum atomic E-state index is -0.176. The lowest BCUT2D eigenvalue weighted by molar-refractivity contribution is 0.0936. The minimum Gasteiger partial charge on any atom is -0.345 e. The fraction of sp³-hybridized carbons (Fsp3) is 0.185. The zero-order valence-electron chi connectivity index (χ0n) is 18.1. The van der Waals surface area contributed by atoms with E-state index in [1.165, 1.54) is 0 Å². The highest BCUT2D eigenvalue weighted by Crippen LogP contribution is 2.24. The van der Waals surface area contributed by atoms with Crippen LogP contribution in [0.3, 0.4) is 0 Å². The molecular formula is C27H26N2O2. The van der Waals surface area contributed by atoms with E-state index < -0.39 is 0 Å². The molecule has 0 radical (unpaired) electrons. The molecule has 0 fully saturated rings. The van der Waals surface area contributed by atoms with Gasteiger partial charge < -0.3 is 5.32 Å². The van der Waals surface area contributed by atoms with Gasteiger partial charge in [-0.3, -0.25) is 14.2 Å². The number of benzene rings is 3. The lowest BCUT2D eigenvalue weighted by Crippen LogP contribution is -2.32. The van der Waals surface area contributed by atoms with Crippen molar-refractivity contribution >= 4 is 16.7 Å². The van der Waals surface area contributed by atoms with Crippen LogP contribution in [0, 0.1) is 13.8 Å². The fourth-order valence-corrected chi connectivity index (χ4v) is 4.10. The van der Waals surface area contributed by atoms with Gasteiger partial charge in [0.2, 0.25) is 0 Å². The number of pyridine rings is 1. The zero-order valence-corrected chi connectivity index (χ0v) is 18.1. The maximum atomic E-state index is 13.5. The van der Waals surface area contributed by atoms with Gasteiger partial charge in [-0.15, -0.1) is 0 Å². The Hall–Kier alpha value is -3.66. The van der Waals surface area contributed by atoms with Crippen LogP contribution in [0.25, 0.3) is 16.5 Å². The average Bonchev–Trinajstić information content (AvgIpc) is 2.79. The number of aryl methyl sites for hydroxylation is 1. The Morgan fingerprint density at radius 3 is 2.13 bits per heavy atom. The normalized spacial score (nSPS) is 12.0. The standard InChI is InChI=1S/C27H26N2O2/c1-4-24(20-10-6-5-7-11-20)28-26(30)25-19(3)29(21-16-14-18(2)15-17-21)27(31)23-13-9-8-12-22(23)25/h5-17,24H,4H2,1-3H3,(H,28,30)/t24-/m0/s1. The van der Waals surface area contributed by atoms with Crippen LogP contribution in [0.4, 0.5) is 0 Å². The third kappa shape index (κ3) is 3.89. The van der Waals surface area contributed by atoms with E-state index in [2.05, 4.69) is 12.2 Å². The number of aromatic nitrogens is 1. The predicted molar refractivity (Wildman–Crippen MR) is 126 cm³/mol. The Balaban J connectivity index is 1.88.